The van der Waals surface area contributed by atoms with E-state index in [-0.39, 0.29) is 23.3 Å². The number of rotatable bonds is 6. The molecule has 1 aliphatic rings. The molecule has 166 valence electrons. The Morgan fingerprint density at radius 2 is 1.73 bits per heavy atom. The molecule has 0 aromatic heterocycles. The van der Waals surface area contributed by atoms with Gasteiger partial charge in [0.25, 0.3) is 5.91 Å². The number of carbonyl (C=O) groups excluding carboxylic acids is 3. The number of hydrazine groups is 1. The molecule has 1 aromatic rings. The summed E-state index contributed by atoms with van der Waals surface area (Å²) < 4.78 is 27.1. The van der Waals surface area contributed by atoms with Crippen molar-refractivity contribution in [3.63, 3.8) is 0 Å². The second-order valence-electron chi connectivity index (χ2n) is 7.92. The second kappa shape index (κ2) is 10.0. The van der Waals surface area contributed by atoms with Crippen molar-refractivity contribution in [1.82, 2.24) is 20.5 Å². The van der Waals surface area contributed by atoms with E-state index in [0.717, 1.165) is 5.56 Å². The summed E-state index contributed by atoms with van der Waals surface area (Å²) in [5, 5.41) is 2.54. The van der Waals surface area contributed by atoms with Crippen molar-refractivity contribution in [2.45, 2.75) is 51.5 Å². The van der Waals surface area contributed by atoms with Crippen LogP contribution in [-0.4, -0.2) is 49.6 Å². The van der Waals surface area contributed by atoms with E-state index >= 15 is 0 Å². The highest BCUT2D eigenvalue weighted by Crippen LogP contribution is 2.24. The number of piperidine rings is 1. The van der Waals surface area contributed by atoms with Gasteiger partial charge in [-0.25, -0.2) is 8.42 Å². The van der Waals surface area contributed by atoms with Gasteiger partial charge < -0.3 is 5.32 Å². The molecule has 3 amide bonds. The Morgan fingerprint density at radius 3 is 2.30 bits per heavy atom. The molecule has 0 spiro atoms. The van der Waals surface area contributed by atoms with E-state index in [9.17, 15) is 22.8 Å². The maximum atomic E-state index is 12.9. The zero-order valence-corrected chi connectivity index (χ0v) is 18.6. The van der Waals surface area contributed by atoms with E-state index < -0.39 is 33.8 Å². The average molecular weight is 439 g/mol. The molecule has 0 aliphatic carbocycles. The van der Waals surface area contributed by atoms with Crippen molar-refractivity contribution < 1.29 is 22.8 Å². The number of nitrogens with zero attached hydrogens (tertiary/aromatic N) is 1. The molecule has 30 heavy (non-hydrogen) atoms. The molecule has 0 unspecified atom stereocenters. The van der Waals surface area contributed by atoms with Gasteiger partial charge in [-0.1, -0.05) is 31.5 Å². The summed E-state index contributed by atoms with van der Waals surface area (Å²) in [5.74, 6) is -2.10. The molecule has 0 saturated carbocycles. The van der Waals surface area contributed by atoms with E-state index in [4.69, 9.17) is 0 Å². The summed E-state index contributed by atoms with van der Waals surface area (Å²) in [6.07, 6.45) is 1.05. The summed E-state index contributed by atoms with van der Waals surface area (Å²) in [6.45, 7) is 7.11. The second-order valence-corrected chi connectivity index (χ2v) is 9.85. The predicted molar refractivity (Wildman–Crippen MR) is 111 cm³/mol. The molecule has 0 radical (unpaired) electrons. The third-order valence-corrected chi connectivity index (χ3v) is 6.91. The van der Waals surface area contributed by atoms with Crippen LogP contribution in [0.5, 0.6) is 0 Å². The number of amides is 3. The first kappa shape index (κ1) is 23.8. The Balaban J connectivity index is 1.99. The Hall–Kier alpha value is -2.46. The van der Waals surface area contributed by atoms with Crippen LogP contribution < -0.4 is 16.2 Å². The van der Waals surface area contributed by atoms with E-state index in [1.165, 1.54) is 11.2 Å². The van der Waals surface area contributed by atoms with Crippen LogP contribution in [0.15, 0.2) is 29.2 Å². The van der Waals surface area contributed by atoms with Crippen molar-refractivity contribution in [2.75, 3.05) is 13.1 Å². The van der Waals surface area contributed by atoms with Gasteiger partial charge in [-0.15, -0.1) is 0 Å². The van der Waals surface area contributed by atoms with Crippen molar-refractivity contribution in [3.8, 4) is 0 Å². The Labute approximate surface area is 177 Å². The van der Waals surface area contributed by atoms with E-state index in [1.54, 1.807) is 38.1 Å². The van der Waals surface area contributed by atoms with Gasteiger partial charge in [-0.2, -0.15) is 4.31 Å². The van der Waals surface area contributed by atoms with Crippen LogP contribution in [0.4, 0.5) is 0 Å². The zero-order chi connectivity index (χ0) is 22.5. The first-order valence-electron chi connectivity index (χ1n) is 9.96. The fraction of sp³-hybridized carbons (Fsp3) is 0.550. The molecule has 10 heteroatoms. The maximum absolute atomic E-state index is 12.9. The van der Waals surface area contributed by atoms with Crippen LogP contribution in [0.2, 0.25) is 0 Å². The molecule has 1 aromatic carbocycles. The quantitative estimate of drug-likeness (QED) is 0.564. The SMILES string of the molecule is CC(=O)N[C@H](C(=O)NNC(=O)[C@@H]1CCCN(S(=O)(=O)c2ccc(C)cc2)C1)C(C)C. The normalized spacial score (nSPS) is 18.5. The van der Waals surface area contributed by atoms with E-state index in [2.05, 4.69) is 16.2 Å². The van der Waals surface area contributed by atoms with Crippen LogP contribution >= 0.6 is 0 Å². The molecule has 0 bridgehead atoms. The number of hydrogen-bond donors (Lipinski definition) is 3. The average Bonchev–Trinajstić information content (AvgIpc) is 2.70. The van der Waals surface area contributed by atoms with Crippen LogP contribution in [0.25, 0.3) is 0 Å². The highest BCUT2D eigenvalue weighted by Gasteiger charge is 2.33. The Bertz CT molecular complexity index is 883. The van der Waals surface area contributed by atoms with Gasteiger partial charge in [-0.05, 0) is 37.8 Å². The summed E-state index contributed by atoms with van der Waals surface area (Å²) in [7, 11) is -3.70. The summed E-state index contributed by atoms with van der Waals surface area (Å²) in [4.78, 5) is 36.3. The van der Waals surface area contributed by atoms with Crippen molar-refractivity contribution in [3.05, 3.63) is 29.8 Å². The standard InChI is InChI=1S/C20H30N4O5S/c1-13(2)18(21-15(4)25)20(27)23-22-19(26)16-6-5-11-24(12-16)30(28,29)17-9-7-14(3)8-10-17/h7-10,13,16,18H,5-6,11-12H2,1-4H3,(H,21,25)(H,22,26)(H,23,27)/t16-,18+/m1/s1. The van der Waals surface area contributed by atoms with Gasteiger partial charge in [0.15, 0.2) is 0 Å². The summed E-state index contributed by atoms with van der Waals surface area (Å²) in [6, 6.07) is 5.80. The monoisotopic (exact) mass is 438 g/mol. The first-order valence-corrected chi connectivity index (χ1v) is 11.4. The minimum atomic E-state index is -3.70. The lowest BCUT2D eigenvalue weighted by Gasteiger charge is -2.31. The minimum absolute atomic E-state index is 0.0389. The Morgan fingerprint density at radius 1 is 1.10 bits per heavy atom. The van der Waals surface area contributed by atoms with E-state index in [0.29, 0.717) is 19.4 Å². The molecule has 2 rings (SSSR count). The molecule has 1 heterocycles. The molecule has 9 nitrogen and oxygen atoms in total. The van der Waals surface area contributed by atoms with Crippen molar-refractivity contribution in [1.29, 1.82) is 0 Å². The van der Waals surface area contributed by atoms with Crippen LogP contribution in [0.1, 0.15) is 39.2 Å². The third kappa shape index (κ3) is 6.02. The van der Waals surface area contributed by atoms with Crippen molar-refractivity contribution in [2.24, 2.45) is 11.8 Å². The highest BCUT2D eigenvalue weighted by molar-refractivity contribution is 7.89. The molecule has 1 saturated heterocycles. The molecule has 1 aliphatic heterocycles. The number of aryl methyl sites for hydroxylation is 1. The molecular weight excluding hydrogens is 408 g/mol. The van der Waals surface area contributed by atoms with Gasteiger partial charge in [0, 0.05) is 20.0 Å². The van der Waals surface area contributed by atoms with Gasteiger partial charge in [0.2, 0.25) is 21.8 Å². The number of carbonyl (C=O) groups is 3. The molecule has 2 atom stereocenters. The maximum Gasteiger partial charge on any atom is 0.261 e. The largest absolute Gasteiger partial charge is 0.344 e. The zero-order valence-electron chi connectivity index (χ0n) is 17.8. The van der Waals surface area contributed by atoms with Gasteiger partial charge >= 0.3 is 0 Å². The first-order chi connectivity index (χ1) is 14.0. The minimum Gasteiger partial charge on any atom is -0.344 e. The number of nitrogens with one attached hydrogen (secondary N) is 3. The molecular formula is C20H30N4O5S. The molecule has 1 fully saturated rings. The fourth-order valence-electron chi connectivity index (χ4n) is 3.29. The number of sulfonamides is 1. The summed E-state index contributed by atoms with van der Waals surface area (Å²) >= 11 is 0. The summed E-state index contributed by atoms with van der Waals surface area (Å²) in [5.41, 5.74) is 5.66. The van der Waals surface area contributed by atoms with Gasteiger partial charge in [0.1, 0.15) is 6.04 Å². The lowest BCUT2D eigenvalue weighted by atomic mass is 9.99. The highest BCUT2D eigenvalue weighted by atomic mass is 32.2. The fourth-order valence-corrected chi connectivity index (χ4v) is 4.81. The Kier molecular flexibility index (Phi) is 7.96. The van der Waals surface area contributed by atoms with Crippen molar-refractivity contribution >= 4 is 27.7 Å². The van der Waals surface area contributed by atoms with Crippen LogP contribution in [0.3, 0.4) is 0 Å². The van der Waals surface area contributed by atoms with Gasteiger partial charge in [-0.3, -0.25) is 25.2 Å². The van der Waals surface area contributed by atoms with Crippen LogP contribution in [0, 0.1) is 18.8 Å². The number of hydrogen-bond acceptors (Lipinski definition) is 5. The third-order valence-electron chi connectivity index (χ3n) is 5.03. The lowest BCUT2D eigenvalue weighted by Crippen LogP contribution is -2.56. The van der Waals surface area contributed by atoms with E-state index in [1.807, 2.05) is 6.92 Å². The number of benzene rings is 1. The smallest absolute Gasteiger partial charge is 0.261 e. The topological polar surface area (TPSA) is 125 Å². The predicted octanol–water partition coefficient (Wildman–Crippen LogP) is 0.704. The lowest BCUT2D eigenvalue weighted by molar-refractivity contribution is -0.134. The van der Waals surface area contributed by atoms with Crippen LogP contribution in [-0.2, 0) is 24.4 Å². The van der Waals surface area contributed by atoms with Gasteiger partial charge in [0.05, 0.1) is 10.8 Å². The molecule has 3 N–H and O–H groups in total.